The van der Waals surface area contributed by atoms with Crippen molar-refractivity contribution in [2.75, 3.05) is 18.4 Å². The summed E-state index contributed by atoms with van der Waals surface area (Å²) >= 11 is 12.0. The zero-order chi connectivity index (χ0) is 18.5. The molecule has 3 rings (SSSR count). The van der Waals surface area contributed by atoms with Crippen molar-refractivity contribution in [1.82, 2.24) is 4.90 Å². The fourth-order valence-electron chi connectivity index (χ4n) is 3.10. The number of amides is 2. The lowest BCUT2D eigenvalue weighted by molar-refractivity contribution is -0.133. The Labute approximate surface area is 163 Å². The van der Waals surface area contributed by atoms with Crippen molar-refractivity contribution in [3.05, 3.63) is 64.1 Å². The van der Waals surface area contributed by atoms with E-state index in [0.717, 1.165) is 5.56 Å². The minimum Gasteiger partial charge on any atom is -0.342 e. The van der Waals surface area contributed by atoms with E-state index in [1.807, 2.05) is 35.2 Å². The molecule has 1 aliphatic rings. The Morgan fingerprint density at radius 3 is 2.42 bits per heavy atom. The first-order valence-electron chi connectivity index (χ1n) is 8.60. The van der Waals surface area contributed by atoms with Crippen molar-refractivity contribution in [3.63, 3.8) is 0 Å². The van der Waals surface area contributed by atoms with E-state index in [1.54, 1.807) is 18.2 Å². The van der Waals surface area contributed by atoms with Crippen LogP contribution in [0, 0.1) is 5.92 Å². The molecule has 2 aromatic rings. The molecule has 2 aromatic carbocycles. The van der Waals surface area contributed by atoms with Crippen LogP contribution in [0.3, 0.4) is 0 Å². The zero-order valence-corrected chi connectivity index (χ0v) is 15.8. The molecule has 2 amide bonds. The van der Waals surface area contributed by atoms with E-state index >= 15 is 0 Å². The number of piperidine rings is 1. The Balaban J connectivity index is 1.52. The van der Waals surface area contributed by atoms with Crippen molar-refractivity contribution >= 4 is 40.7 Å². The van der Waals surface area contributed by atoms with Gasteiger partial charge in [-0.15, -0.1) is 0 Å². The maximum atomic E-state index is 12.5. The largest absolute Gasteiger partial charge is 0.342 e. The molecule has 6 heteroatoms. The molecule has 136 valence electrons. The quantitative estimate of drug-likeness (QED) is 0.839. The van der Waals surface area contributed by atoms with Crippen LogP contribution in [0.4, 0.5) is 5.69 Å². The summed E-state index contributed by atoms with van der Waals surface area (Å²) in [7, 11) is 0. The number of nitrogens with one attached hydrogen (secondary N) is 1. The molecule has 4 nitrogen and oxygen atoms in total. The minimum atomic E-state index is -0.133. The van der Waals surface area contributed by atoms with Gasteiger partial charge in [-0.1, -0.05) is 53.5 Å². The third kappa shape index (κ3) is 4.77. The van der Waals surface area contributed by atoms with Gasteiger partial charge in [0, 0.05) is 24.0 Å². The third-order valence-electron chi connectivity index (χ3n) is 4.60. The summed E-state index contributed by atoms with van der Waals surface area (Å²) in [4.78, 5) is 26.7. The standard InChI is InChI=1S/C20H20Cl2N2O2/c21-16-6-7-17(22)18(13-16)23-20(26)15-8-10-24(11-9-15)19(25)12-14-4-2-1-3-5-14/h1-7,13,15H,8-12H2,(H,23,26). The zero-order valence-electron chi connectivity index (χ0n) is 14.3. The molecular weight excluding hydrogens is 371 g/mol. The number of benzene rings is 2. The van der Waals surface area contributed by atoms with Gasteiger partial charge in [-0.25, -0.2) is 0 Å². The van der Waals surface area contributed by atoms with Crippen molar-refractivity contribution < 1.29 is 9.59 Å². The second-order valence-corrected chi connectivity index (χ2v) is 7.27. The molecule has 0 saturated carbocycles. The molecule has 0 radical (unpaired) electrons. The molecular formula is C20H20Cl2N2O2. The number of hydrogen-bond acceptors (Lipinski definition) is 2. The maximum Gasteiger partial charge on any atom is 0.227 e. The Bertz CT molecular complexity index is 788. The predicted molar refractivity (Wildman–Crippen MR) is 105 cm³/mol. The predicted octanol–water partition coefficient (Wildman–Crippen LogP) is 4.41. The fourth-order valence-corrected chi connectivity index (χ4v) is 3.44. The molecule has 0 bridgehead atoms. The Morgan fingerprint density at radius 2 is 1.73 bits per heavy atom. The van der Waals surface area contributed by atoms with E-state index in [2.05, 4.69) is 5.32 Å². The Kier molecular flexibility index (Phi) is 6.17. The van der Waals surface area contributed by atoms with Gasteiger partial charge in [-0.3, -0.25) is 9.59 Å². The summed E-state index contributed by atoms with van der Waals surface area (Å²) in [5, 5.41) is 3.82. The first-order valence-corrected chi connectivity index (χ1v) is 9.36. The SMILES string of the molecule is O=C(Nc1cc(Cl)ccc1Cl)C1CCN(C(=O)Cc2ccccc2)CC1. The molecule has 0 unspecified atom stereocenters. The fraction of sp³-hybridized carbons (Fsp3) is 0.300. The topological polar surface area (TPSA) is 49.4 Å². The number of halogens is 2. The molecule has 0 atom stereocenters. The van der Waals surface area contributed by atoms with Crippen molar-refractivity contribution in [3.8, 4) is 0 Å². The molecule has 1 fully saturated rings. The van der Waals surface area contributed by atoms with Gasteiger partial charge in [0.05, 0.1) is 17.1 Å². The van der Waals surface area contributed by atoms with Crippen LogP contribution in [-0.2, 0) is 16.0 Å². The number of likely N-dealkylation sites (tertiary alicyclic amines) is 1. The smallest absolute Gasteiger partial charge is 0.227 e. The summed E-state index contributed by atoms with van der Waals surface area (Å²) in [6, 6.07) is 14.7. The highest BCUT2D eigenvalue weighted by molar-refractivity contribution is 6.35. The van der Waals surface area contributed by atoms with Crippen LogP contribution < -0.4 is 5.32 Å². The Morgan fingerprint density at radius 1 is 1.04 bits per heavy atom. The van der Waals surface area contributed by atoms with E-state index < -0.39 is 0 Å². The van der Waals surface area contributed by atoms with Gasteiger partial charge in [-0.2, -0.15) is 0 Å². The van der Waals surface area contributed by atoms with Gasteiger partial charge in [0.2, 0.25) is 11.8 Å². The number of anilines is 1. The molecule has 1 N–H and O–H groups in total. The van der Waals surface area contributed by atoms with Gasteiger partial charge in [0.15, 0.2) is 0 Å². The molecule has 1 aliphatic heterocycles. The van der Waals surface area contributed by atoms with Gasteiger partial charge < -0.3 is 10.2 Å². The van der Waals surface area contributed by atoms with Crippen LogP contribution >= 0.6 is 23.2 Å². The van der Waals surface area contributed by atoms with Gasteiger partial charge in [0.1, 0.15) is 0 Å². The van der Waals surface area contributed by atoms with Gasteiger partial charge in [-0.05, 0) is 36.6 Å². The van der Waals surface area contributed by atoms with Crippen LogP contribution in [0.5, 0.6) is 0 Å². The highest BCUT2D eigenvalue weighted by Crippen LogP contribution is 2.27. The normalized spacial score (nSPS) is 14.9. The molecule has 0 aliphatic carbocycles. The van der Waals surface area contributed by atoms with Crippen LogP contribution in [0.25, 0.3) is 0 Å². The molecule has 26 heavy (non-hydrogen) atoms. The number of nitrogens with zero attached hydrogens (tertiary/aromatic N) is 1. The van der Waals surface area contributed by atoms with Crippen molar-refractivity contribution in [1.29, 1.82) is 0 Å². The molecule has 0 spiro atoms. The van der Waals surface area contributed by atoms with E-state index in [9.17, 15) is 9.59 Å². The van der Waals surface area contributed by atoms with Crippen molar-refractivity contribution in [2.45, 2.75) is 19.3 Å². The van der Waals surface area contributed by atoms with E-state index in [4.69, 9.17) is 23.2 Å². The van der Waals surface area contributed by atoms with Crippen LogP contribution in [0.1, 0.15) is 18.4 Å². The lowest BCUT2D eigenvalue weighted by Gasteiger charge is -2.31. The van der Waals surface area contributed by atoms with Gasteiger partial charge in [0.25, 0.3) is 0 Å². The van der Waals surface area contributed by atoms with E-state index in [0.29, 0.717) is 48.1 Å². The minimum absolute atomic E-state index is 0.0793. The van der Waals surface area contributed by atoms with Crippen molar-refractivity contribution in [2.24, 2.45) is 5.92 Å². The first-order chi connectivity index (χ1) is 12.5. The van der Waals surface area contributed by atoms with E-state index in [1.165, 1.54) is 0 Å². The van der Waals surface area contributed by atoms with Crippen LogP contribution in [-0.4, -0.2) is 29.8 Å². The summed E-state index contributed by atoms with van der Waals surface area (Å²) in [6.07, 6.45) is 1.69. The van der Waals surface area contributed by atoms with Crippen LogP contribution in [0.2, 0.25) is 10.0 Å². The monoisotopic (exact) mass is 390 g/mol. The molecule has 0 aromatic heterocycles. The lowest BCUT2D eigenvalue weighted by Crippen LogP contribution is -2.42. The molecule has 1 heterocycles. The number of carbonyl (C=O) groups excluding carboxylic acids is 2. The molecule has 1 saturated heterocycles. The number of carbonyl (C=O) groups is 2. The average molecular weight is 391 g/mol. The average Bonchev–Trinajstić information content (AvgIpc) is 2.65. The summed E-state index contributed by atoms with van der Waals surface area (Å²) < 4.78 is 0. The Hall–Kier alpha value is -2.04. The highest BCUT2D eigenvalue weighted by atomic mass is 35.5. The van der Waals surface area contributed by atoms with Gasteiger partial charge >= 0.3 is 0 Å². The van der Waals surface area contributed by atoms with Crippen LogP contribution in [0.15, 0.2) is 48.5 Å². The summed E-state index contributed by atoms with van der Waals surface area (Å²) in [5.74, 6) is -0.108. The highest BCUT2D eigenvalue weighted by Gasteiger charge is 2.27. The number of rotatable bonds is 4. The first kappa shape index (κ1) is 18.7. The third-order valence-corrected chi connectivity index (χ3v) is 5.17. The lowest BCUT2D eigenvalue weighted by atomic mass is 9.95. The summed E-state index contributed by atoms with van der Waals surface area (Å²) in [6.45, 7) is 1.18. The maximum absolute atomic E-state index is 12.5. The number of hydrogen-bond donors (Lipinski definition) is 1. The second kappa shape index (κ2) is 8.56. The summed E-state index contributed by atoms with van der Waals surface area (Å²) in [5.41, 5.74) is 1.53. The second-order valence-electron chi connectivity index (χ2n) is 6.43. The van der Waals surface area contributed by atoms with E-state index in [-0.39, 0.29) is 17.7 Å².